The summed E-state index contributed by atoms with van der Waals surface area (Å²) in [5.74, 6) is 1.86. The number of fused-ring (bicyclic) bond motifs is 19. The van der Waals surface area contributed by atoms with Crippen LogP contribution in [-0.4, -0.2) is 0 Å². The molecule has 324 valence electrons. The van der Waals surface area contributed by atoms with Gasteiger partial charge in [-0.2, -0.15) is 0 Å². The molecule has 0 amide bonds. The minimum atomic E-state index is -0.628. The molecule has 1 aromatic heterocycles. The largest absolute Gasteiger partial charge is 0.455 e. The fourth-order valence-electron chi connectivity index (χ4n) is 12.5. The lowest BCUT2D eigenvalue weighted by Gasteiger charge is -2.40. The molecule has 1 spiro atoms. The highest BCUT2D eigenvalue weighted by molar-refractivity contribution is 7.25. The van der Waals surface area contributed by atoms with Crippen LogP contribution in [0.25, 0.3) is 75.1 Å². The Labute approximate surface area is 405 Å². The summed E-state index contributed by atoms with van der Waals surface area (Å²) in [6.07, 6.45) is 0. The van der Waals surface area contributed by atoms with Crippen LogP contribution in [0.4, 0.5) is 17.1 Å². The number of rotatable bonds is 4. The molecule has 3 aliphatic rings. The predicted octanol–water partition coefficient (Wildman–Crippen LogP) is 18.3. The molecule has 0 unspecified atom stereocenters. The van der Waals surface area contributed by atoms with Crippen LogP contribution < -0.4 is 9.64 Å². The van der Waals surface area contributed by atoms with Crippen LogP contribution in [0.2, 0.25) is 0 Å². The lowest BCUT2D eigenvalue weighted by Crippen LogP contribution is -2.32. The molecule has 1 aliphatic heterocycles. The van der Waals surface area contributed by atoms with Gasteiger partial charge in [-0.1, -0.05) is 190 Å². The minimum absolute atomic E-state index is 0.136. The van der Waals surface area contributed by atoms with Gasteiger partial charge in [-0.15, -0.1) is 11.3 Å². The Hall–Kier alpha value is -8.24. The van der Waals surface area contributed by atoms with Crippen molar-refractivity contribution >= 4 is 70.1 Å². The first-order valence-electron chi connectivity index (χ1n) is 24.0. The zero-order chi connectivity index (χ0) is 45.6. The Balaban J connectivity index is 0.946. The number of anilines is 3. The number of thiophene rings is 1. The third kappa shape index (κ3) is 5.31. The standard InChI is InChI=1S/C66H43NOS/c1-65(2)55-23-10-7-20-49(55)51-32-29-45(38-59(51)65)67(46-30-33-54-53-22-9-12-25-61(53)69-62(54)39-46)44-17-13-16-42(36-44)43-26-31-52-50-21-8-11-24-56(50)66(60(52)37-43)57-34-27-40-14-3-5-18-47(40)63(57)68-64-48-19-6-4-15-41(48)28-35-58(64)66/h3-39H,1-2H3. The van der Waals surface area contributed by atoms with Crippen LogP contribution in [0.15, 0.2) is 224 Å². The summed E-state index contributed by atoms with van der Waals surface area (Å²) in [6.45, 7) is 4.74. The van der Waals surface area contributed by atoms with Gasteiger partial charge in [0.2, 0.25) is 0 Å². The quantitative estimate of drug-likeness (QED) is 0.175. The molecule has 69 heavy (non-hydrogen) atoms. The highest BCUT2D eigenvalue weighted by Crippen LogP contribution is 2.64. The molecule has 11 aromatic carbocycles. The first kappa shape index (κ1) is 38.8. The van der Waals surface area contributed by atoms with Crippen molar-refractivity contribution in [1.82, 2.24) is 0 Å². The van der Waals surface area contributed by atoms with E-state index in [0.29, 0.717) is 0 Å². The van der Waals surface area contributed by atoms with E-state index in [1.807, 2.05) is 11.3 Å². The van der Waals surface area contributed by atoms with Gasteiger partial charge in [0, 0.05) is 64.5 Å². The number of nitrogens with zero attached hydrogens (tertiary/aromatic N) is 1. The molecular weight excluding hydrogens is 855 g/mol. The monoisotopic (exact) mass is 897 g/mol. The smallest absolute Gasteiger partial charge is 0.140 e. The molecule has 12 aromatic rings. The van der Waals surface area contributed by atoms with Gasteiger partial charge in [-0.3, -0.25) is 0 Å². The summed E-state index contributed by atoms with van der Waals surface area (Å²) in [6, 6.07) is 83.8. The zero-order valence-corrected chi connectivity index (χ0v) is 38.9. The molecule has 0 saturated heterocycles. The fourth-order valence-corrected chi connectivity index (χ4v) is 13.7. The van der Waals surface area contributed by atoms with E-state index in [9.17, 15) is 0 Å². The van der Waals surface area contributed by atoms with E-state index in [1.54, 1.807) is 0 Å². The van der Waals surface area contributed by atoms with Crippen molar-refractivity contribution < 1.29 is 4.74 Å². The average molecular weight is 898 g/mol. The van der Waals surface area contributed by atoms with Gasteiger partial charge in [-0.25, -0.2) is 0 Å². The maximum Gasteiger partial charge on any atom is 0.140 e. The van der Waals surface area contributed by atoms with Crippen LogP contribution in [0, 0.1) is 0 Å². The lowest BCUT2D eigenvalue weighted by atomic mass is 9.65. The summed E-state index contributed by atoms with van der Waals surface area (Å²) < 4.78 is 9.85. The normalized spacial score (nSPS) is 14.3. The Kier molecular flexibility index (Phi) is 7.96. The molecule has 0 saturated carbocycles. The van der Waals surface area contributed by atoms with Crippen molar-refractivity contribution in [2.45, 2.75) is 24.7 Å². The van der Waals surface area contributed by atoms with E-state index < -0.39 is 5.41 Å². The second-order valence-corrected chi connectivity index (χ2v) is 20.6. The first-order valence-corrected chi connectivity index (χ1v) is 24.8. The highest BCUT2D eigenvalue weighted by Gasteiger charge is 2.52. The van der Waals surface area contributed by atoms with E-state index in [-0.39, 0.29) is 5.41 Å². The molecule has 3 heteroatoms. The maximum absolute atomic E-state index is 7.26. The van der Waals surface area contributed by atoms with Crippen molar-refractivity contribution in [2.75, 3.05) is 4.90 Å². The third-order valence-electron chi connectivity index (χ3n) is 15.7. The van der Waals surface area contributed by atoms with Gasteiger partial charge < -0.3 is 9.64 Å². The summed E-state index contributed by atoms with van der Waals surface area (Å²) in [7, 11) is 0. The fraction of sp³-hybridized carbons (Fsp3) is 0.0606. The van der Waals surface area contributed by atoms with E-state index in [1.165, 1.54) is 92.1 Å². The van der Waals surface area contributed by atoms with Crippen LogP contribution >= 0.6 is 11.3 Å². The molecule has 0 radical (unpaired) electrons. The van der Waals surface area contributed by atoms with Crippen LogP contribution in [0.5, 0.6) is 11.5 Å². The van der Waals surface area contributed by atoms with Gasteiger partial charge in [0.05, 0.1) is 5.41 Å². The molecule has 2 heterocycles. The number of benzene rings is 11. The maximum atomic E-state index is 7.26. The minimum Gasteiger partial charge on any atom is -0.455 e. The van der Waals surface area contributed by atoms with Crippen LogP contribution in [0.1, 0.15) is 47.2 Å². The van der Waals surface area contributed by atoms with Gasteiger partial charge in [0.15, 0.2) is 0 Å². The number of ether oxygens (including phenoxy) is 1. The van der Waals surface area contributed by atoms with Gasteiger partial charge in [0.25, 0.3) is 0 Å². The van der Waals surface area contributed by atoms with Crippen molar-refractivity contribution in [3.63, 3.8) is 0 Å². The molecule has 0 atom stereocenters. The third-order valence-corrected chi connectivity index (χ3v) is 16.8. The Bertz CT molecular complexity index is 4090. The topological polar surface area (TPSA) is 12.5 Å². The average Bonchev–Trinajstić information content (AvgIpc) is 3.99. The number of hydrogen-bond donors (Lipinski definition) is 0. The van der Waals surface area contributed by atoms with Gasteiger partial charge in [-0.05, 0) is 115 Å². The second kappa shape index (κ2) is 14.1. The van der Waals surface area contributed by atoms with E-state index in [0.717, 1.165) is 44.9 Å². The van der Waals surface area contributed by atoms with Crippen molar-refractivity contribution in [2.24, 2.45) is 0 Å². The molecule has 0 fully saturated rings. The SMILES string of the molecule is CC1(C)c2ccccc2-c2ccc(N(c3cccc(-c4ccc5c(c4)C4(c6ccccc6-5)c5ccc6ccccc6c5Oc5c4ccc4ccccc54)c3)c3ccc4c(c3)sc3ccccc34)cc21. The molecule has 2 nitrogen and oxygen atoms in total. The molecule has 0 N–H and O–H groups in total. The van der Waals surface area contributed by atoms with E-state index in [2.05, 4.69) is 243 Å². The number of hydrogen-bond acceptors (Lipinski definition) is 3. The van der Waals surface area contributed by atoms with Gasteiger partial charge in [0.1, 0.15) is 11.5 Å². The predicted molar refractivity (Wildman–Crippen MR) is 289 cm³/mol. The van der Waals surface area contributed by atoms with Crippen molar-refractivity contribution in [1.29, 1.82) is 0 Å². The molecule has 0 bridgehead atoms. The zero-order valence-electron chi connectivity index (χ0n) is 38.1. The lowest BCUT2D eigenvalue weighted by molar-refractivity contribution is 0.447. The highest BCUT2D eigenvalue weighted by atomic mass is 32.1. The first-order chi connectivity index (χ1) is 33.9. The van der Waals surface area contributed by atoms with E-state index >= 15 is 0 Å². The van der Waals surface area contributed by atoms with Crippen molar-refractivity contribution in [3.05, 3.63) is 258 Å². The van der Waals surface area contributed by atoms with Crippen molar-refractivity contribution in [3.8, 4) is 44.9 Å². The summed E-state index contributed by atoms with van der Waals surface area (Å²) >= 11 is 1.87. The van der Waals surface area contributed by atoms with Gasteiger partial charge >= 0.3 is 0 Å². The summed E-state index contributed by atoms with van der Waals surface area (Å²) in [4.78, 5) is 2.47. The molecule has 2 aliphatic carbocycles. The van der Waals surface area contributed by atoms with E-state index in [4.69, 9.17) is 4.74 Å². The molecule has 15 rings (SSSR count). The Morgan fingerprint density at radius 3 is 1.67 bits per heavy atom. The summed E-state index contributed by atoms with van der Waals surface area (Å²) in [5, 5.41) is 7.18. The Morgan fingerprint density at radius 1 is 0.348 bits per heavy atom. The summed E-state index contributed by atoms with van der Waals surface area (Å²) in [5.41, 5.74) is 17.8. The van der Waals surface area contributed by atoms with Crippen LogP contribution in [-0.2, 0) is 10.8 Å². The second-order valence-electron chi connectivity index (χ2n) is 19.5. The molecular formula is C66H43NOS. The Morgan fingerprint density at radius 2 is 0.899 bits per heavy atom. The van der Waals surface area contributed by atoms with Crippen LogP contribution in [0.3, 0.4) is 0 Å².